The first-order chi connectivity index (χ1) is 7.72. The number of halogens is 1. The Kier molecular flexibility index (Phi) is 3.61. The first kappa shape index (κ1) is 11.6. The maximum Gasteiger partial charge on any atom is 0.255 e. The predicted molar refractivity (Wildman–Crippen MR) is 65.5 cm³/mol. The summed E-state index contributed by atoms with van der Waals surface area (Å²) in [7, 11) is 1.69. The minimum atomic E-state index is 0.0759. The van der Waals surface area contributed by atoms with E-state index in [2.05, 4.69) is 15.9 Å². The lowest BCUT2D eigenvalue weighted by Crippen LogP contribution is -2.30. The number of rotatable bonds is 2. The molecule has 1 aromatic carbocycles. The molecule has 0 bridgehead atoms. The molecule has 1 amide bonds. The smallest absolute Gasteiger partial charge is 0.255 e. The Balaban J connectivity index is 2.12. The summed E-state index contributed by atoms with van der Waals surface area (Å²) < 4.78 is 6.10. The standard InChI is InChI=1S/C12H14BrNO2/c1-16-9-6-7-14(8-9)12(15)10-4-2-3-5-11(10)13/h2-5,9H,6-8H2,1H3. The number of ether oxygens (including phenoxy) is 1. The third-order valence-electron chi connectivity index (χ3n) is 2.87. The number of methoxy groups -OCH3 is 1. The van der Waals surface area contributed by atoms with E-state index in [0.29, 0.717) is 6.54 Å². The van der Waals surface area contributed by atoms with Crippen LogP contribution in [-0.2, 0) is 4.74 Å². The predicted octanol–water partition coefficient (Wildman–Crippen LogP) is 2.31. The van der Waals surface area contributed by atoms with Crippen molar-refractivity contribution in [1.82, 2.24) is 4.90 Å². The quantitative estimate of drug-likeness (QED) is 0.834. The van der Waals surface area contributed by atoms with Crippen molar-refractivity contribution in [3.8, 4) is 0 Å². The van der Waals surface area contributed by atoms with E-state index in [1.54, 1.807) is 7.11 Å². The van der Waals surface area contributed by atoms with Crippen molar-refractivity contribution in [1.29, 1.82) is 0 Å². The molecule has 0 N–H and O–H groups in total. The van der Waals surface area contributed by atoms with Crippen LogP contribution in [0, 0.1) is 0 Å². The van der Waals surface area contributed by atoms with Crippen molar-refractivity contribution in [3.05, 3.63) is 34.3 Å². The lowest BCUT2D eigenvalue weighted by Gasteiger charge is -2.16. The van der Waals surface area contributed by atoms with Gasteiger partial charge in [-0.25, -0.2) is 0 Å². The number of hydrogen-bond acceptors (Lipinski definition) is 2. The molecule has 86 valence electrons. The van der Waals surface area contributed by atoms with Gasteiger partial charge < -0.3 is 9.64 Å². The van der Waals surface area contributed by atoms with E-state index in [9.17, 15) is 4.79 Å². The van der Waals surface area contributed by atoms with Crippen molar-refractivity contribution in [2.75, 3.05) is 20.2 Å². The minimum Gasteiger partial charge on any atom is -0.380 e. The van der Waals surface area contributed by atoms with Gasteiger partial charge in [-0.2, -0.15) is 0 Å². The van der Waals surface area contributed by atoms with Crippen molar-refractivity contribution >= 4 is 21.8 Å². The Morgan fingerprint density at radius 2 is 2.25 bits per heavy atom. The van der Waals surface area contributed by atoms with Gasteiger partial charge in [-0.15, -0.1) is 0 Å². The molecule has 1 saturated heterocycles. The van der Waals surface area contributed by atoms with Crippen LogP contribution in [0.2, 0.25) is 0 Å². The summed E-state index contributed by atoms with van der Waals surface area (Å²) in [5.41, 5.74) is 0.722. The van der Waals surface area contributed by atoms with Crippen LogP contribution in [0.3, 0.4) is 0 Å². The van der Waals surface area contributed by atoms with E-state index in [1.165, 1.54) is 0 Å². The summed E-state index contributed by atoms with van der Waals surface area (Å²) in [5, 5.41) is 0. The topological polar surface area (TPSA) is 29.5 Å². The van der Waals surface area contributed by atoms with Crippen LogP contribution in [-0.4, -0.2) is 37.1 Å². The van der Waals surface area contributed by atoms with Gasteiger partial charge in [-0.1, -0.05) is 12.1 Å². The molecular formula is C12H14BrNO2. The molecule has 0 aliphatic carbocycles. The second kappa shape index (κ2) is 4.97. The van der Waals surface area contributed by atoms with Crippen LogP contribution in [0.4, 0.5) is 0 Å². The van der Waals surface area contributed by atoms with Gasteiger partial charge in [-0.05, 0) is 34.5 Å². The average molecular weight is 284 g/mol. The van der Waals surface area contributed by atoms with Gasteiger partial charge in [0.1, 0.15) is 0 Å². The summed E-state index contributed by atoms with van der Waals surface area (Å²) in [5.74, 6) is 0.0759. The number of nitrogens with zero attached hydrogens (tertiary/aromatic N) is 1. The Morgan fingerprint density at radius 3 is 2.88 bits per heavy atom. The molecule has 4 heteroatoms. The molecule has 2 rings (SSSR count). The number of carbonyl (C=O) groups is 1. The molecule has 0 aromatic heterocycles. The van der Waals surface area contributed by atoms with E-state index < -0.39 is 0 Å². The summed E-state index contributed by atoms with van der Waals surface area (Å²) in [4.78, 5) is 14.0. The maximum absolute atomic E-state index is 12.2. The highest BCUT2D eigenvalue weighted by Gasteiger charge is 2.27. The summed E-state index contributed by atoms with van der Waals surface area (Å²) in [6.07, 6.45) is 1.11. The fourth-order valence-electron chi connectivity index (χ4n) is 1.91. The van der Waals surface area contributed by atoms with Crippen LogP contribution in [0.15, 0.2) is 28.7 Å². The van der Waals surface area contributed by atoms with E-state index in [0.717, 1.165) is 23.0 Å². The van der Waals surface area contributed by atoms with Gasteiger partial charge in [0.05, 0.1) is 11.7 Å². The highest BCUT2D eigenvalue weighted by atomic mass is 79.9. The molecule has 1 aliphatic heterocycles. The molecule has 0 saturated carbocycles. The number of amides is 1. The second-order valence-electron chi connectivity index (χ2n) is 3.88. The average Bonchev–Trinajstić information content (AvgIpc) is 2.77. The van der Waals surface area contributed by atoms with Crippen LogP contribution in [0.25, 0.3) is 0 Å². The zero-order valence-corrected chi connectivity index (χ0v) is 10.7. The van der Waals surface area contributed by atoms with Crippen LogP contribution >= 0.6 is 15.9 Å². The molecule has 1 aliphatic rings. The van der Waals surface area contributed by atoms with Crippen LogP contribution in [0.1, 0.15) is 16.8 Å². The highest BCUT2D eigenvalue weighted by Crippen LogP contribution is 2.21. The van der Waals surface area contributed by atoms with Gasteiger partial charge in [0, 0.05) is 24.7 Å². The first-order valence-electron chi connectivity index (χ1n) is 5.29. The molecular weight excluding hydrogens is 270 g/mol. The number of likely N-dealkylation sites (tertiary alicyclic amines) is 1. The van der Waals surface area contributed by atoms with Crippen molar-refractivity contribution in [2.45, 2.75) is 12.5 Å². The van der Waals surface area contributed by atoms with E-state index in [4.69, 9.17) is 4.74 Å². The van der Waals surface area contributed by atoms with E-state index in [1.807, 2.05) is 29.2 Å². The maximum atomic E-state index is 12.2. The summed E-state index contributed by atoms with van der Waals surface area (Å²) in [6.45, 7) is 1.47. The Morgan fingerprint density at radius 1 is 1.50 bits per heavy atom. The number of carbonyl (C=O) groups excluding carboxylic acids is 1. The van der Waals surface area contributed by atoms with Crippen molar-refractivity contribution < 1.29 is 9.53 Å². The zero-order valence-electron chi connectivity index (χ0n) is 9.15. The molecule has 0 radical (unpaired) electrons. The normalized spacial score (nSPS) is 20.1. The third-order valence-corrected chi connectivity index (χ3v) is 3.56. The van der Waals surface area contributed by atoms with Crippen LogP contribution in [0.5, 0.6) is 0 Å². The molecule has 1 unspecified atom stereocenters. The lowest BCUT2D eigenvalue weighted by atomic mass is 10.2. The van der Waals surface area contributed by atoms with Gasteiger partial charge in [-0.3, -0.25) is 4.79 Å². The molecule has 1 atom stereocenters. The number of benzene rings is 1. The SMILES string of the molecule is COC1CCN(C(=O)c2ccccc2Br)C1. The van der Waals surface area contributed by atoms with E-state index >= 15 is 0 Å². The third kappa shape index (κ3) is 2.28. The largest absolute Gasteiger partial charge is 0.380 e. The minimum absolute atomic E-state index is 0.0759. The fourth-order valence-corrected chi connectivity index (χ4v) is 2.36. The molecule has 3 nitrogen and oxygen atoms in total. The summed E-state index contributed by atoms with van der Waals surface area (Å²) >= 11 is 3.40. The first-order valence-corrected chi connectivity index (χ1v) is 6.08. The monoisotopic (exact) mass is 283 g/mol. The van der Waals surface area contributed by atoms with Gasteiger partial charge in [0.25, 0.3) is 5.91 Å². The molecule has 1 heterocycles. The molecule has 1 fully saturated rings. The Labute approximate surface area is 104 Å². The van der Waals surface area contributed by atoms with Gasteiger partial charge >= 0.3 is 0 Å². The Hall–Kier alpha value is -0.870. The Bertz CT molecular complexity index is 394. The van der Waals surface area contributed by atoms with E-state index in [-0.39, 0.29) is 12.0 Å². The van der Waals surface area contributed by atoms with Gasteiger partial charge in [0.2, 0.25) is 0 Å². The van der Waals surface area contributed by atoms with Crippen molar-refractivity contribution in [3.63, 3.8) is 0 Å². The molecule has 0 spiro atoms. The van der Waals surface area contributed by atoms with Crippen LogP contribution < -0.4 is 0 Å². The number of hydrogen-bond donors (Lipinski definition) is 0. The second-order valence-corrected chi connectivity index (χ2v) is 4.73. The van der Waals surface area contributed by atoms with Gasteiger partial charge in [0.15, 0.2) is 0 Å². The molecule has 16 heavy (non-hydrogen) atoms. The van der Waals surface area contributed by atoms with Crippen molar-refractivity contribution in [2.24, 2.45) is 0 Å². The summed E-state index contributed by atoms with van der Waals surface area (Å²) in [6, 6.07) is 7.51. The highest BCUT2D eigenvalue weighted by molar-refractivity contribution is 9.10. The molecule has 1 aromatic rings. The fraction of sp³-hybridized carbons (Fsp3) is 0.417. The lowest BCUT2D eigenvalue weighted by molar-refractivity contribution is 0.0723. The zero-order chi connectivity index (χ0) is 11.5.